The van der Waals surface area contributed by atoms with Crippen molar-refractivity contribution in [2.45, 2.75) is 18.9 Å². The number of benzene rings is 1. The highest BCUT2D eigenvalue weighted by Crippen LogP contribution is 2.22. The molecule has 0 aliphatic rings. The van der Waals surface area contributed by atoms with Gasteiger partial charge in [0.25, 0.3) is 0 Å². The number of nitrogens with one attached hydrogen (secondary N) is 1. The molecule has 0 aliphatic carbocycles. The zero-order chi connectivity index (χ0) is 15.3. The number of phenols is 1. The Hall–Kier alpha value is -2.19. The third kappa shape index (κ3) is 4.48. The number of carboxylic acids is 1. The molecule has 1 unspecified atom stereocenters. The van der Waals surface area contributed by atoms with E-state index in [1.54, 1.807) is 0 Å². The zero-order valence-electron chi connectivity index (χ0n) is 10.5. The average Bonchev–Trinajstić information content (AvgIpc) is 2.35. The first-order valence-corrected chi connectivity index (χ1v) is 6.13. The zero-order valence-corrected chi connectivity index (χ0v) is 11.3. The van der Waals surface area contributed by atoms with E-state index in [1.807, 2.05) is 0 Å². The average molecular weight is 297 g/mol. The fourth-order valence-corrected chi connectivity index (χ4v) is 1.57. The molecule has 7 nitrogen and oxygen atoms in total. The first kappa shape index (κ1) is 15.9. The number of carbonyl (C=O) groups is 2. The van der Waals surface area contributed by atoms with Crippen molar-refractivity contribution in [2.24, 2.45) is 11.5 Å². The van der Waals surface area contributed by atoms with Crippen LogP contribution in [0.1, 0.15) is 23.2 Å². The lowest BCUT2D eigenvalue weighted by Gasteiger charge is -2.12. The summed E-state index contributed by atoms with van der Waals surface area (Å²) in [6.45, 7) is 0. The van der Waals surface area contributed by atoms with Gasteiger partial charge in [-0.3, -0.25) is 4.79 Å². The monoisotopic (exact) mass is 297 g/mol. The lowest BCUT2D eigenvalue weighted by Crippen LogP contribution is -2.36. The summed E-state index contributed by atoms with van der Waals surface area (Å²) in [6, 6.07) is 2.90. The standard InChI is InChI=1S/C12H15N3O4S/c13-8(3-4-10(14)20)11(17)15-6-1-2-7(12(18)19)9(16)5-6/h1-2,5,8,16H,3-4,13H2,(H2,14,20)(H,15,17)(H,18,19). The molecule has 0 spiro atoms. The van der Waals surface area contributed by atoms with Crippen molar-refractivity contribution in [1.82, 2.24) is 0 Å². The van der Waals surface area contributed by atoms with Gasteiger partial charge >= 0.3 is 5.97 Å². The number of carboxylic acid groups (broad SMARTS) is 1. The van der Waals surface area contributed by atoms with E-state index in [1.165, 1.54) is 12.1 Å². The van der Waals surface area contributed by atoms with Crippen LogP contribution >= 0.6 is 12.2 Å². The predicted molar refractivity (Wildman–Crippen MR) is 77.7 cm³/mol. The highest BCUT2D eigenvalue weighted by molar-refractivity contribution is 7.80. The Morgan fingerprint density at radius 2 is 2.05 bits per heavy atom. The van der Waals surface area contributed by atoms with E-state index in [2.05, 4.69) is 17.5 Å². The smallest absolute Gasteiger partial charge is 0.339 e. The number of rotatable bonds is 6. The molecular weight excluding hydrogens is 282 g/mol. The van der Waals surface area contributed by atoms with E-state index >= 15 is 0 Å². The first-order chi connectivity index (χ1) is 9.31. The van der Waals surface area contributed by atoms with Gasteiger partial charge in [-0.2, -0.15) is 0 Å². The molecule has 0 aromatic heterocycles. The van der Waals surface area contributed by atoms with Crippen molar-refractivity contribution in [1.29, 1.82) is 0 Å². The van der Waals surface area contributed by atoms with Crippen molar-refractivity contribution >= 4 is 34.8 Å². The van der Waals surface area contributed by atoms with Gasteiger partial charge in [-0.1, -0.05) is 12.2 Å². The summed E-state index contributed by atoms with van der Waals surface area (Å²) in [4.78, 5) is 22.7. The highest BCUT2D eigenvalue weighted by atomic mass is 32.1. The molecule has 108 valence electrons. The van der Waals surface area contributed by atoms with Gasteiger partial charge < -0.3 is 27.0 Å². The Morgan fingerprint density at radius 1 is 1.40 bits per heavy atom. The molecule has 0 radical (unpaired) electrons. The number of aromatic carboxylic acids is 1. The van der Waals surface area contributed by atoms with Gasteiger partial charge in [-0.15, -0.1) is 0 Å². The number of amides is 1. The summed E-state index contributed by atoms with van der Waals surface area (Å²) in [5.74, 6) is -2.16. The molecule has 1 rings (SSSR count). The van der Waals surface area contributed by atoms with Crippen LogP contribution in [0.3, 0.4) is 0 Å². The maximum absolute atomic E-state index is 11.7. The molecule has 1 aromatic rings. The normalized spacial score (nSPS) is 11.7. The van der Waals surface area contributed by atoms with Gasteiger partial charge in [0, 0.05) is 11.8 Å². The number of aromatic hydroxyl groups is 1. The first-order valence-electron chi connectivity index (χ1n) is 5.72. The molecule has 0 bridgehead atoms. The second-order valence-electron chi connectivity index (χ2n) is 4.14. The largest absolute Gasteiger partial charge is 0.507 e. The van der Waals surface area contributed by atoms with E-state index in [-0.39, 0.29) is 16.2 Å². The Labute approximate surface area is 120 Å². The number of nitrogens with two attached hydrogens (primary N) is 2. The Kier molecular flexibility index (Phi) is 5.42. The minimum Gasteiger partial charge on any atom is -0.507 e. The molecule has 0 aliphatic heterocycles. The summed E-state index contributed by atoms with van der Waals surface area (Å²) >= 11 is 4.69. The van der Waals surface area contributed by atoms with Gasteiger partial charge in [0.15, 0.2) is 0 Å². The van der Waals surface area contributed by atoms with E-state index < -0.39 is 23.7 Å². The second kappa shape index (κ2) is 6.83. The van der Waals surface area contributed by atoms with Crippen molar-refractivity contribution in [3.8, 4) is 5.75 Å². The van der Waals surface area contributed by atoms with Crippen LogP contribution in [0.25, 0.3) is 0 Å². The van der Waals surface area contributed by atoms with Crippen molar-refractivity contribution in [3.05, 3.63) is 23.8 Å². The molecular formula is C12H15N3O4S. The fraction of sp³-hybridized carbons (Fsp3) is 0.250. The summed E-state index contributed by atoms with van der Waals surface area (Å²) in [5, 5.41) is 20.7. The SMILES string of the molecule is NC(=S)CCC(N)C(=O)Nc1ccc(C(=O)O)c(O)c1. The number of hydrogen-bond donors (Lipinski definition) is 5. The predicted octanol–water partition coefficient (Wildman–Crippen LogP) is 0.422. The highest BCUT2D eigenvalue weighted by Gasteiger charge is 2.15. The molecule has 7 N–H and O–H groups in total. The molecule has 8 heteroatoms. The van der Waals surface area contributed by atoms with Crippen molar-refractivity contribution < 1.29 is 19.8 Å². The quantitative estimate of drug-likeness (QED) is 0.479. The van der Waals surface area contributed by atoms with Crippen molar-refractivity contribution in [3.63, 3.8) is 0 Å². The third-order valence-corrected chi connectivity index (χ3v) is 2.74. The van der Waals surface area contributed by atoms with Crippen LogP contribution in [0.4, 0.5) is 5.69 Å². The molecule has 0 heterocycles. The molecule has 1 aromatic carbocycles. The summed E-state index contributed by atoms with van der Waals surface area (Å²) < 4.78 is 0. The number of anilines is 1. The third-order valence-electron chi connectivity index (χ3n) is 2.53. The summed E-state index contributed by atoms with van der Waals surface area (Å²) in [6.07, 6.45) is 0.660. The molecule has 0 fully saturated rings. The number of hydrogen-bond acceptors (Lipinski definition) is 5. The Morgan fingerprint density at radius 3 is 2.55 bits per heavy atom. The van der Waals surface area contributed by atoms with Gasteiger partial charge in [-0.05, 0) is 25.0 Å². The lowest BCUT2D eigenvalue weighted by molar-refractivity contribution is -0.117. The maximum atomic E-state index is 11.7. The van der Waals surface area contributed by atoms with Gasteiger partial charge in [0.05, 0.1) is 11.0 Å². The topological polar surface area (TPSA) is 139 Å². The van der Waals surface area contributed by atoms with Crippen LogP contribution in [0, 0.1) is 0 Å². The van der Waals surface area contributed by atoms with Gasteiger partial charge in [0.2, 0.25) is 5.91 Å². The number of carbonyl (C=O) groups excluding carboxylic acids is 1. The van der Waals surface area contributed by atoms with Crippen LogP contribution < -0.4 is 16.8 Å². The van der Waals surface area contributed by atoms with E-state index in [4.69, 9.17) is 16.6 Å². The van der Waals surface area contributed by atoms with E-state index in [0.29, 0.717) is 12.8 Å². The summed E-state index contributed by atoms with van der Waals surface area (Å²) in [7, 11) is 0. The van der Waals surface area contributed by atoms with Crippen LogP contribution in [-0.4, -0.2) is 33.1 Å². The van der Waals surface area contributed by atoms with Crippen LogP contribution in [-0.2, 0) is 4.79 Å². The van der Waals surface area contributed by atoms with Crippen LogP contribution in [0.2, 0.25) is 0 Å². The molecule has 20 heavy (non-hydrogen) atoms. The molecule has 1 amide bonds. The molecule has 0 saturated heterocycles. The van der Waals surface area contributed by atoms with Gasteiger partial charge in [0.1, 0.15) is 11.3 Å². The van der Waals surface area contributed by atoms with Crippen LogP contribution in [0.15, 0.2) is 18.2 Å². The minimum atomic E-state index is -1.26. The molecule has 0 saturated carbocycles. The van der Waals surface area contributed by atoms with Gasteiger partial charge in [-0.25, -0.2) is 4.79 Å². The van der Waals surface area contributed by atoms with E-state index in [0.717, 1.165) is 6.07 Å². The maximum Gasteiger partial charge on any atom is 0.339 e. The van der Waals surface area contributed by atoms with Crippen LogP contribution in [0.5, 0.6) is 5.75 Å². The summed E-state index contributed by atoms with van der Waals surface area (Å²) in [5.41, 5.74) is 11.0. The van der Waals surface area contributed by atoms with Crippen molar-refractivity contribution in [2.75, 3.05) is 5.32 Å². The van der Waals surface area contributed by atoms with E-state index in [9.17, 15) is 14.7 Å². The minimum absolute atomic E-state index is 0.249. The number of thiocarbonyl (C=S) groups is 1. The fourth-order valence-electron chi connectivity index (χ4n) is 1.45. The lowest BCUT2D eigenvalue weighted by atomic mass is 10.1. The Balaban J connectivity index is 2.69. The second-order valence-corrected chi connectivity index (χ2v) is 4.66. The Bertz CT molecular complexity index is 548. The molecule has 1 atom stereocenters.